The fraction of sp³-hybridized carbons (Fsp3) is 0.312. The van der Waals surface area contributed by atoms with Crippen molar-refractivity contribution in [1.82, 2.24) is 4.57 Å². The van der Waals surface area contributed by atoms with Gasteiger partial charge in [0, 0.05) is 29.1 Å². The first-order valence-electron chi connectivity index (χ1n) is 6.56. The van der Waals surface area contributed by atoms with Crippen LogP contribution in [0.15, 0.2) is 30.3 Å². The zero-order valence-corrected chi connectivity index (χ0v) is 11.1. The number of aromatic nitrogens is 1. The molecule has 1 aromatic heterocycles. The molecular formula is C16H16FNO. The van der Waals surface area contributed by atoms with Gasteiger partial charge in [-0.25, -0.2) is 4.39 Å². The topological polar surface area (TPSA) is 22.0 Å². The largest absolute Gasteiger partial charge is 0.317 e. The van der Waals surface area contributed by atoms with E-state index in [1.54, 1.807) is 6.07 Å². The summed E-state index contributed by atoms with van der Waals surface area (Å²) in [4.78, 5) is 12.1. The summed E-state index contributed by atoms with van der Waals surface area (Å²) in [5.41, 5.74) is 3.60. The Morgan fingerprint density at radius 1 is 1.26 bits per heavy atom. The lowest BCUT2D eigenvalue weighted by Gasteiger charge is -2.20. The fourth-order valence-electron chi connectivity index (χ4n) is 2.94. The molecule has 98 valence electrons. The minimum Gasteiger partial charge on any atom is -0.317 e. The Morgan fingerprint density at radius 3 is 2.79 bits per heavy atom. The average Bonchev–Trinajstić information content (AvgIpc) is 2.66. The summed E-state index contributed by atoms with van der Waals surface area (Å²) in [7, 11) is 0. The molecule has 1 heterocycles. The normalized spacial score (nSPS) is 18.5. The predicted molar refractivity (Wildman–Crippen MR) is 72.3 cm³/mol. The Balaban J connectivity index is 2.20. The van der Waals surface area contributed by atoms with Crippen LogP contribution >= 0.6 is 0 Å². The van der Waals surface area contributed by atoms with Gasteiger partial charge >= 0.3 is 0 Å². The molecule has 0 N–H and O–H groups in total. The van der Waals surface area contributed by atoms with Crippen LogP contribution in [0, 0.1) is 18.7 Å². The van der Waals surface area contributed by atoms with Gasteiger partial charge in [0.15, 0.2) is 5.78 Å². The van der Waals surface area contributed by atoms with Gasteiger partial charge in [-0.15, -0.1) is 0 Å². The molecule has 1 atom stereocenters. The molecule has 0 aliphatic heterocycles. The molecule has 1 aromatic carbocycles. The van der Waals surface area contributed by atoms with E-state index in [0.717, 1.165) is 29.1 Å². The Bertz CT molecular complexity index is 657. The number of benzene rings is 1. The smallest absolute Gasteiger partial charge is 0.164 e. The zero-order valence-electron chi connectivity index (χ0n) is 11.1. The number of nitrogens with zero attached hydrogens (tertiary/aromatic N) is 1. The van der Waals surface area contributed by atoms with Gasteiger partial charge in [-0.3, -0.25) is 4.79 Å². The zero-order chi connectivity index (χ0) is 13.6. The number of hydrogen-bond donors (Lipinski definition) is 0. The number of carbonyl (C=O) groups is 1. The third-order valence-electron chi connectivity index (χ3n) is 3.73. The third-order valence-corrected chi connectivity index (χ3v) is 3.73. The van der Waals surface area contributed by atoms with Gasteiger partial charge in [0.2, 0.25) is 0 Å². The first kappa shape index (κ1) is 12.2. The van der Waals surface area contributed by atoms with Crippen molar-refractivity contribution in [2.24, 2.45) is 5.92 Å². The van der Waals surface area contributed by atoms with Crippen molar-refractivity contribution in [3.63, 3.8) is 0 Å². The van der Waals surface area contributed by atoms with E-state index in [9.17, 15) is 9.18 Å². The van der Waals surface area contributed by atoms with E-state index in [-0.39, 0.29) is 11.6 Å². The molecule has 0 bridgehead atoms. The van der Waals surface area contributed by atoms with E-state index >= 15 is 0 Å². The first-order chi connectivity index (χ1) is 9.06. The molecule has 2 aromatic rings. The Morgan fingerprint density at radius 2 is 2.05 bits per heavy atom. The Kier molecular flexibility index (Phi) is 2.77. The van der Waals surface area contributed by atoms with Crippen molar-refractivity contribution in [2.75, 3.05) is 0 Å². The molecule has 1 aliphatic carbocycles. The second kappa shape index (κ2) is 4.34. The lowest BCUT2D eigenvalue weighted by molar-refractivity contribution is 0.0952. The quantitative estimate of drug-likeness (QED) is 0.763. The summed E-state index contributed by atoms with van der Waals surface area (Å²) in [6.45, 7) is 4.04. The highest BCUT2D eigenvalue weighted by atomic mass is 19.1. The maximum Gasteiger partial charge on any atom is 0.164 e. The summed E-state index contributed by atoms with van der Waals surface area (Å²) < 4.78 is 15.4. The maximum atomic E-state index is 13.4. The van der Waals surface area contributed by atoms with Gasteiger partial charge in [-0.2, -0.15) is 0 Å². The molecule has 0 saturated heterocycles. The monoisotopic (exact) mass is 257 g/mol. The number of aryl methyl sites for hydroxylation is 1. The number of carbonyl (C=O) groups excluding carboxylic acids is 1. The van der Waals surface area contributed by atoms with Crippen molar-refractivity contribution in [3.8, 4) is 5.69 Å². The second-order valence-corrected chi connectivity index (χ2v) is 5.40. The molecule has 0 saturated carbocycles. The highest BCUT2D eigenvalue weighted by Crippen LogP contribution is 2.30. The molecule has 19 heavy (non-hydrogen) atoms. The molecule has 3 heteroatoms. The highest BCUT2D eigenvalue weighted by molar-refractivity contribution is 5.98. The van der Waals surface area contributed by atoms with Crippen LogP contribution in [0.4, 0.5) is 4.39 Å². The van der Waals surface area contributed by atoms with Gasteiger partial charge in [0.05, 0.1) is 0 Å². The number of ketones is 1. The van der Waals surface area contributed by atoms with Crippen LogP contribution in [0.1, 0.15) is 35.1 Å². The van der Waals surface area contributed by atoms with Gasteiger partial charge in [-0.05, 0) is 43.5 Å². The van der Waals surface area contributed by atoms with Crippen molar-refractivity contribution >= 4 is 5.78 Å². The molecule has 0 radical (unpaired) electrons. The molecule has 0 unspecified atom stereocenters. The molecule has 0 fully saturated rings. The van der Waals surface area contributed by atoms with Crippen molar-refractivity contribution < 1.29 is 9.18 Å². The van der Waals surface area contributed by atoms with E-state index in [4.69, 9.17) is 0 Å². The van der Waals surface area contributed by atoms with E-state index in [0.29, 0.717) is 12.3 Å². The number of hydrogen-bond acceptors (Lipinski definition) is 1. The maximum absolute atomic E-state index is 13.4. The Hall–Kier alpha value is -1.90. The number of halogens is 1. The van der Waals surface area contributed by atoms with Crippen LogP contribution < -0.4 is 0 Å². The number of Topliss-reactive ketones (excluding diaryl/α,β-unsaturated/α-hetero) is 1. The minimum atomic E-state index is -0.255. The minimum absolute atomic E-state index is 0.201. The highest BCUT2D eigenvalue weighted by Gasteiger charge is 2.27. The van der Waals surface area contributed by atoms with Crippen LogP contribution in [0.3, 0.4) is 0 Å². The van der Waals surface area contributed by atoms with Crippen LogP contribution in [0.5, 0.6) is 0 Å². The van der Waals surface area contributed by atoms with E-state index < -0.39 is 0 Å². The standard InChI is InChI=1S/C16H16FNO/c1-10-6-15-14(16(19)7-10)8-11(2)18(15)13-5-3-4-12(17)9-13/h3-5,8-10H,6-7H2,1-2H3/t10-/m0/s1. The van der Waals surface area contributed by atoms with Crippen LogP contribution in [0.25, 0.3) is 5.69 Å². The van der Waals surface area contributed by atoms with Crippen LogP contribution in [-0.2, 0) is 6.42 Å². The molecule has 2 nitrogen and oxygen atoms in total. The fourth-order valence-corrected chi connectivity index (χ4v) is 2.94. The summed E-state index contributed by atoms with van der Waals surface area (Å²) in [6.07, 6.45) is 1.48. The SMILES string of the molecule is Cc1cc2c(n1-c1cccc(F)c1)C[C@H](C)CC2=O. The van der Waals surface area contributed by atoms with E-state index in [1.807, 2.05) is 23.6 Å². The number of fused-ring (bicyclic) bond motifs is 1. The van der Waals surface area contributed by atoms with Gasteiger partial charge in [0.25, 0.3) is 0 Å². The summed E-state index contributed by atoms with van der Waals surface area (Å²) in [5, 5.41) is 0. The lowest BCUT2D eigenvalue weighted by atomic mass is 9.88. The van der Waals surface area contributed by atoms with Crippen LogP contribution in [-0.4, -0.2) is 10.4 Å². The van der Waals surface area contributed by atoms with E-state index in [1.165, 1.54) is 12.1 Å². The third kappa shape index (κ3) is 1.99. The summed E-state index contributed by atoms with van der Waals surface area (Å²) in [5.74, 6) is 0.295. The summed E-state index contributed by atoms with van der Waals surface area (Å²) in [6, 6.07) is 8.44. The predicted octanol–water partition coefficient (Wildman–Crippen LogP) is 3.69. The van der Waals surface area contributed by atoms with Crippen molar-refractivity contribution in [3.05, 3.63) is 53.1 Å². The van der Waals surface area contributed by atoms with Gasteiger partial charge in [0.1, 0.15) is 5.82 Å². The first-order valence-corrected chi connectivity index (χ1v) is 6.56. The van der Waals surface area contributed by atoms with Gasteiger partial charge in [-0.1, -0.05) is 13.0 Å². The molecule has 0 spiro atoms. The Labute approximate surface area is 111 Å². The molecule has 1 aliphatic rings. The second-order valence-electron chi connectivity index (χ2n) is 5.40. The summed E-state index contributed by atoms with van der Waals surface area (Å²) >= 11 is 0. The van der Waals surface area contributed by atoms with Crippen molar-refractivity contribution in [2.45, 2.75) is 26.7 Å². The molecular weight excluding hydrogens is 241 g/mol. The van der Waals surface area contributed by atoms with Gasteiger partial charge < -0.3 is 4.57 Å². The van der Waals surface area contributed by atoms with Crippen LogP contribution in [0.2, 0.25) is 0 Å². The average molecular weight is 257 g/mol. The lowest BCUT2D eigenvalue weighted by Crippen LogP contribution is -2.19. The van der Waals surface area contributed by atoms with E-state index in [2.05, 4.69) is 6.92 Å². The number of rotatable bonds is 1. The molecule has 3 rings (SSSR count). The molecule has 0 amide bonds. The van der Waals surface area contributed by atoms with Crippen molar-refractivity contribution in [1.29, 1.82) is 0 Å².